The lowest BCUT2D eigenvalue weighted by molar-refractivity contribution is 0.0133. The van der Waals surface area contributed by atoms with E-state index < -0.39 is 22.3 Å². The molecule has 0 fully saturated rings. The molecule has 3 aliphatic carbocycles. The number of benzene rings is 6. The van der Waals surface area contributed by atoms with Crippen LogP contribution in [-0.2, 0) is 21.7 Å². The van der Waals surface area contributed by atoms with E-state index in [1.807, 2.05) is 36.4 Å². The van der Waals surface area contributed by atoms with E-state index in [0.29, 0.717) is 23.0 Å². The first-order valence-electron chi connectivity index (χ1n) is 21.7. The molecule has 0 aliphatic heterocycles. The molecule has 4 N–H and O–H groups in total. The molecule has 3 unspecified atom stereocenters. The molecule has 1 spiro atoms. The highest BCUT2D eigenvalue weighted by Crippen LogP contribution is 2.67. The quantitative estimate of drug-likeness (QED) is 0.0814. The van der Waals surface area contributed by atoms with Crippen molar-refractivity contribution in [3.63, 3.8) is 0 Å². The molecule has 0 amide bonds. The lowest BCUT2D eigenvalue weighted by Gasteiger charge is -2.44. The molecule has 0 heterocycles. The SMILES string of the molecule is CC1(C)CC2(c3cc(OCCO)ccc31)c1cc(OCCO)ccc1C(C)(C)C2C(CO)Oc1ccc(C2(c3ccc(OCCO)cc3)c3ccccc3-c3ccccc32)cc1. The molecular formula is C54H56O8. The Morgan fingerprint density at radius 1 is 0.500 bits per heavy atom. The molecule has 8 heteroatoms. The van der Waals surface area contributed by atoms with E-state index in [4.69, 9.17) is 18.9 Å². The summed E-state index contributed by atoms with van der Waals surface area (Å²) in [6, 6.07) is 46.3. The lowest BCUT2D eigenvalue weighted by atomic mass is 9.62. The van der Waals surface area contributed by atoms with Gasteiger partial charge in [-0.05, 0) is 121 Å². The predicted molar refractivity (Wildman–Crippen MR) is 241 cm³/mol. The van der Waals surface area contributed by atoms with Crippen LogP contribution in [0.4, 0.5) is 0 Å². The third kappa shape index (κ3) is 6.50. The summed E-state index contributed by atoms with van der Waals surface area (Å²) in [6.07, 6.45) is 0.134. The summed E-state index contributed by atoms with van der Waals surface area (Å²) in [7, 11) is 0. The van der Waals surface area contributed by atoms with Gasteiger partial charge in [-0.1, -0.05) is 113 Å². The number of hydrogen-bond acceptors (Lipinski definition) is 8. The minimum atomic E-state index is -0.637. The van der Waals surface area contributed by atoms with Gasteiger partial charge in [0.25, 0.3) is 0 Å². The third-order valence-corrected chi connectivity index (χ3v) is 13.8. The topological polar surface area (TPSA) is 118 Å². The third-order valence-electron chi connectivity index (χ3n) is 13.8. The standard InChI is InChI=1S/C54H56O8/c1-51(2)34-53(47-31-39(60-29-26-56)21-23-45(47)51)48-32-40(61-30-27-57)22-24-46(48)52(3,4)50(53)49(33-58)62-38-19-15-36(16-20-38)54(35-13-17-37(18-14-35)59-28-25-55)43-11-7-5-9-41(43)42-10-6-8-12-44(42)54/h5-24,31-32,49-50,55-58H,25-30,33-34H2,1-4H3. The summed E-state index contributed by atoms with van der Waals surface area (Å²) in [6.45, 7) is 9.19. The molecule has 0 aromatic heterocycles. The van der Waals surface area contributed by atoms with Crippen molar-refractivity contribution in [1.29, 1.82) is 0 Å². The number of aliphatic hydroxyl groups excluding tert-OH is 4. The summed E-state index contributed by atoms with van der Waals surface area (Å²) >= 11 is 0. The van der Waals surface area contributed by atoms with Crippen LogP contribution in [0.5, 0.6) is 23.0 Å². The molecule has 62 heavy (non-hydrogen) atoms. The van der Waals surface area contributed by atoms with Crippen LogP contribution in [0.25, 0.3) is 11.1 Å². The maximum Gasteiger partial charge on any atom is 0.126 e. The van der Waals surface area contributed by atoms with Gasteiger partial charge in [0.1, 0.15) is 48.9 Å². The Morgan fingerprint density at radius 2 is 0.952 bits per heavy atom. The first-order valence-corrected chi connectivity index (χ1v) is 21.7. The van der Waals surface area contributed by atoms with Gasteiger partial charge in [0.05, 0.1) is 31.8 Å². The van der Waals surface area contributed by atoms with Crippen LogP contribution in [-0.4, -0.2) is 72.8 Å². The maximum absolute atomic E-state index is 11.6. The van der Waals surface area contributed by atoms with E-state index in [-0.39, 0.29) is 57.6 Å². The second-order valence-electron chi connectivity index (χ2n) is 18.1. The van der Waals surface area contributed by atoms with Crippen LogP contribution in [0.2, 0.25) is 0 Å². The average molecular weight is 833 g/mol. The summed E-state index contributed by atoms with van der Waals surface area (Å²) < 4.78 is 25.0. The Morgan fingerprint density at radius 3 is 1.47 bits per heavy atom. The zero-order valence-electron chi connectivity index (χ0n) is 35.9. The summed E-state index contributed by atoms with van der Waals surface area (Å²) in [5.41, 5.74) is 9.58. The zero-order valence-corrected chi connectivity index (χ0v) is 35.9. The number of rotatable bonds is 15. The first-order chi connectivity index (χ1) is 30.0. The molecule has 0 saturated carbocycles. The molecular weight excluding hydrogens is 777 g/mol. The fraction of sp³-hybridized carbons (Fsp3) is 0.333. The van der Waals surface area contributed by atoms with Gasteiger partial charge in [0, 0.05) is 11.3 Å². The van der Waals surface area contributed by atoms with E-state index in [1.165, 1.54) is 27.8 Å². The minimum absolute atomic E-state index is 0.0575. The smallest absolute Gasteiger partial charge is 0.126 e. The van der Waals surface area contributed by atoms with Crippen molar-refractivity contribution >= 4 is 0 Å². The number of hydrogen-bond donors (Lipinski definition) is 4. The van der Waals surface area contributed by atoms with E-state index >= 15 is 0 Å². The molecule has 320 valence electrons. The molecule has 0 saturated heterocycles. The molecule has 3 aliphatic rings. The lowest BCUT2D eigenvalue weighted by Crippen LogP contribution is -2.49. The molecule has 8 nitrogen and oxygen atoms in total. The Labute approximate surface area is 364 Å². The molecule has 6 aromatic rings. The molecule has 0 bridgehead atoms. The second-order valence-corrected chi connectivity index (χ2v) is 18.1. The van der Waals surface area contributed by atoms with Gasteiger partial charge in [-0.2, -0.15) is 0 Å². The van der Waals surface area contributed by atoms with Crippen molar-refractivity contribution in [2.75, 3.05) is 46.2 Å². The van der Waals surface area contributed by atoms with Gasteiger partial charge in [0.15, 0.2) is 0 Å². The Hall–Kier alpha value is -5.64. The van der Waals surface area contributed by atoms with Gasteiger partial charge in [-0.3, -0.25) is 0 Å². The highest BCUT2D eigenvalue weighted by atomic mass is 16.5. The Bertz CT molecular complexity index is 2490. The fourth-order valence-electron chi connectivity index (χ4n) is 11.7. The van der Waals surface area contributed by atoms with E-state index in [2.05, 4.69) is 125 Å². The Kier molecular flexibility index (Phi) is 10.9. The summed E-state index contributed by atoms with van der Waals surface area (Å²) in [5, 5.41) is 40.3. The minimum Gasteiger partial charge on any atom is -0.491 e. The van der Waals surface area contributed by atoms with Crippen LogP contribution >= 0.6 is 0 Å². The number of ether oxygens (including phenoxy) is 4. The monoisotopic (exact) mass is 832 g/mol. The maximum atomic E-state index is 11.6. The van der Waals surface area contributed by atoms with Gasteiger partial charge in [0.2, 0.25) is 0 Å². The van der Waals surface area contributed by atoms with Crippen LogP contribution < -0.4 is 18.9 Å². The van der Waals surface area contributed by atoms with Gasteiger partial charge >= 0.3 is 0 Å². The first kappa shape index (κ1) is 41.7. The van der Waals surface area contributed by atoms with E-state index in [0.717, 1.165) is 34.2 Å². The zero-order chi connectivity index (χ0) is 43.3. The van der Waals surface area contributed by atoms with Crippen LogP contribution in [0.15, 0.2) is 133 Å². The van der Waals surface area contributed by atoms with E-state index in [9.17, 15) is 20.4 Å². The number of fused-ring (bicyclic) bond motifs is 7. The molecule has 9 rings (SSSR count). The van der Waals surface area contributed by atoms with Crippen molar-refractivity contribution in [3.05, 3.63) is 178 Å². The van der Waals surface area contributed by atoms with Gasteiger partial charge < -0.3 is 39.4 Å². The molecule has 3 atom stereocenters. The van der Waals surface area contributed by atoms with Crippen molar-refractivity contribution in [2.45, 2.75) is 61.9 Å². The van der Waals surface area contributed by atoms with Crippen molar-refractivity contribution in [1.82, 2.24) is 0 Å². The van der Waals surface area contributed by atoms with Crippen LogP contribution in [0.1, 0.15) is 78.6 Å². The predicted octanol–water partition coefficient (Wildman–Crippen LogP) is 8.48. The normalized spacial score (nSPS) is 19.9. The van der Waals surface area contributed by atoms with Crippen molar-refractivity contribution in [3.8, 4) is 34.1 Å². The second kappa shape index (κ2) is 16.2. The fourth-order valence-corrected chi connectivity index (χ4v) is 11.7. The van der Waals surface area contributed by atoms with Gasteiger partial charge in [-0.25, -0.2) is 0 Å². The molecule has 6 aromatic carbocycles. The van der Waals surface area contributed by atoms with E-state index in [1.54, 1.807) is 0 Å². The van der Waals surface area contributed by atoms with Crippen molar-refractivity contribution < 1.29 is 39.4 Å². The average Bonchev–Trinajstić information content (AvgIpc) is 3.80. The highest BCUT2D eigenvalue weighted by molar-refractivity contribution is 5.86. The largest absolute Gasteiger partial charge is 0.491 e. The van der Waals surface area contributed by atoms with Crippen molar-refractivity contribution in [2.24, 2.45) is 5.92 Å². The Balaban J connectivity index is 1.15. The van der Waals surface area contributed by atoms with Gasteiger partial charge in [-0.15, -0.1) is 0 Å². The van der Waals surface area contributed by atoms with Crippen LogP contribution in [0.3, 0.4) is 0 Å². The molecule has 0 radical (unpaired) electrons. The number of aliphatic hydroxyl groups is 4. The highest BCUT2D eigenvalue weighted by Gasteiger charge is 2.65. The summed E-state index contributed by atoms with van der Waals surface area (Å²) in [5.74, 6) is 2.48. The van der Waals surface area contributed by atoms with Crippen LogP contribution in [0, 0.1) is 5.92 Å². The summed E-state index contributed by atoms with van der Waals surface area (Å²) in [4.78, 5) is 0.